The van der Waals surface area contributed by atoms with E-state index >= 15 is 0 Å². The van der Waals surface area contributed by atoms with Crippen molar-refractivity contribution in [1.82, 2.24) is 0 Å². The van der Waals surface area contributed by atoms with Gasteiger partial charge in [-0.1, -0.05) is 33.1 Å². The van der Waals surface area contributed by atoms with Gasteiger partial charge in [0.1, 0.15) is 5.54 Å². The molecule has 96 valence electrons. The van der Waals surface area contributed by atoms with Crippen molar-refractivity contribution in [1.29, 1.82) is 0 Å². The molecule has 0 aliphatic carbocycles. The summed E-state index contributed by atoms with van der Waals surface area (Å²) in [4.78, 5) is 11.1. The van der Waals surface area contributed by atoms with Crippen LogP contribution in [0.5, 0.6) is 0 Å². The smallest absolute Gasteiger partial charge is 0.323 e. The average Bonchev–Trinajstić information content (AvgIpc) is 2.26. The summed E-state index contributed by atoms with van der Waals surface area (Å²) in [5, 5.41) is 9.13. The summed E-state index contributed by atoms with van der Waals surface area (Å²) >= 11 is 1.81. The number of carbonyl (C=O) groups is 1. The zero-order valence-corrected chi connectivity index (χ0v) is 11.3. The van der Waals surface area contributed by atoms with Crippen molar-refractivity contribution in [3.63, 3.8) is 0 Å². The molecular weight excluding hydrogens is 222 g/mol. The Hall–Kier alpha value is -0.220. The quantitative estimate of drug-likeness (QED) is 0.583. The van der Waals surface area contributed by atoms with E-state index in [0.717, 1.165) is 24.3 Å². The Bertz CT molecular complexity index is 199. The summed E-state index contributed by atoms with van der Waals surface area (Å²) in [6.45, 7) is 4.21. The third-order valence-electron chi connectivity index (χ3n) is 2.74. The summed E-state index contributed by atoms with van der Waals surface area (Å²) < 4.78 is 0. The molecule has 0 aromatic rings. The van der Waals surface area contributed by atoms with Crippen molar-refractivity contribution >= 4 is 17.7 Å². The summed E-state index contributed by atoms with van der Waals surface area (Å²) in [6, 6.07) is 0. The number of hydrogen-bond donors (Lipinski definition) is 2. The number of nitrogens with two attached hydrogens (primary N) is 1. The van der Waals surface area contributed by atoms with E-state index in [1.807, 2.05) is 11.8 Å². The van der Waals surface area contributed by atoms with Crippen LogP contribution < -0.4 is 5.73 Å². The minimum Gasteiger partial charge on any atom is -0.480 e. The normalized spacial score (nSPS) is 14.7. The minimum absolute atomic E-state index is 0.580. The molecule has 0 aliphatic heterocycles. The summed E-state index contributed by atoms with van der Waals surface area (Å²) in [6.07, 6.45) is 5.45. The van der Waals surface area contributed by atoms with Gasteiger partial charge in [-0.3, -0.25) is 4.79 Å². The molecule has 0 bridgehead atoms. The molecule has 0 unspecified atom stereocenters. The highest BCUT2D eigenvalue weighted by Crippen LogP contribution is 2.19. The Morgan fingerprint density at radius 1 is 1.19 bits per heavy atom. The van der Waals surface area contributed by atoms with E-state index in [2.05, 4.69) is 13.8 Å². The lowest BCUT2D eigenvalue weighted by Gasteiger charge is -2.24. The Labute approximate surface area is 103 Å². The van der Waals surface area contributed by atoms with Gasteiger partial charge < -0.3 is 10.8 Å². The predicted molar refractivity (Wildman–Crippen MR) is 70.9 cm³/mol. The third-order valence-corrected chi connectivity index (χ3v) is 3.81. The third kappa shape index (κ3) is 6.38. The van der Waals surface area contributed by atoms with Gasteiger partial charge in [-0.2, -0.15) is 11.8 Å². The molecule has 0 saturated carbocycles. The molecule has 0 fully saturated rings. The van der Waals surface area contributed by atoms with Gasteiger partial charge in [0.2, 0.25) is 0 Å². The van der Waals surface area contributed by atoms with Crippen molar-refractivity contribution < 1.29 is 9.90 Å². The van der Waals surface area contributed by atoms with Crippen LogP contribution >= 0.6 is 11.8 Å². The van der Waals surface area contributed by atoms with Gasteiger partial charge in [-0.15, -0.1) is 0 Å². The highest BCUT2D eigenvalue weighted by molar-refractivity contribution is 7.99. The van der Waals surface area contributed by atoms with Crippen molar-refractivity contribution in [2.75, 3.05) is 11.5 Å². The highest BCUT2D eigenvalue weighted by Gasteiger charge is 2.32. The number of unbranched alkanes of at least 4 members (excludes halogenated alkanes) is 2. The lowest BCUT2D eigenvalue weighted by atomic mass is 9.91. The molecule has 16 heavy (non-hydrogen) atoms. The van der Waals surface area contributed by atoms with E-state index < -0.39 is 11.5 Å². The van der Waals surface area contributed by atoms with Crippen LogP contribution in [0.3, 0.4) is 0 Å². The molecule has 0 saturated heterocycles. The fourth-order valence-corrected chi connectivity index (χ4v) is 2.64. The monoisotopic (exact) mass is 247 g/mol. The van der Waals surface area contributed by atoms with Gasteiger partial charge in [-0.25, -0.2) is 0 Å². The largest absolute Gasteiger partial charge is 0.480 e. The molecule has 0 spiro atoms. The highest BCUT2D eigenvalue weighted by atomic mass is 32.2. The standard InChI is InChI=1S/C12H25NO2S/c1-3-5-7-12(13,11(14)15)8-10-16-9-6-4-2/h3-10,13H2,1-2H3,(H,14,15)/t12-/m0/s1. The average molecular weight is 247 g/mol. The molecule has 4 heteroatoms. The molecular formula is C12H25NO2S. The minimum atomic E-state index is -1.00. The van der Waals surface area contributed by atoms with Crippen LogP contribution in [0, 0.1) is 0 Å². The first-order valence-corrected chi connectivity index (χ1v) is 7.32. The fourth-order valence-electron chi connectivity index (χ4n) is 1.43. The molecule has 0 aliphatic rings. The van der Waals surface area contributed by atoms with Crippen molar-refractivity contribution in [2.24, 2.45) is 5.73 Å². The number of thioether (sulfide) groups is 1. The SMILES string of the molecule is CCCCSCC[C@@](N)(CCCC)C(=O)O. The Balaban J connectivity index is 3.88. The van der Waals surface area contributed by atoms with E-state index in [-0.39, 0.29) is 0 Å². The van der Waals surface area contributed by atoms with Crippen molar-refractivity contribution in [3.05, 3.63) is 0 Å². The molecule has 0 aromatic heterocycles. The molecule has 0 aromatic carbocycles. The second kappa shape index (κ2) is 8.88. The number of rotatable bonds is 10. The number of hydrogen-bond acceptors (Lipinski definition) is 3. The zero-order chi connectivity index (χ0) is 12.4. The van der Waals surface area contributed by atoms with Gasteiger partial charge in [0.15, 0.2) is 0 Å². The number of aliphatic carboxylic acids is 1. The van der Waals surface area contributed by atoms with Crippen LogP contribution in [0.4, 0.5) is 0 Å². The van der Waals surface area contributed by atoms with Crippen LogP contribution in [0.25, 0.3) is 0 Å². The maximum Gasteiger partial charge on any atom is 0.323 e. The number of carboxylic acids is 1. The maximum absolute atomic E-state index is 11.1. The fraction of sp³-hybridized carbons (Fsp3) is 0.917. The second-order valence-corrected chi connectivity index (χ2v) is 5.51. The lowest BCUT2D eigenvalue weighted by Crippen LogP contribution is -2.48. The molecule has 0 rings (SSSR count). The first-order chi connectivity index (χ1) is 7.56. The van der Waals surface area contributed by atoms with E-state index in [1.54, 1.807) is 0 Å². The van der Waals surface area contributed by atoms with Crippen LogP contribution in [0.2, 0.25) is 0 Å². The van der Waals surface area contributed by atoms with E-state index in [4.69, 9.17) is 10.8 Å². The molecule has 3 N–H and O–H groups in total. The molecule has 0 amide bonds. The predicted octanol–water partition coefficient (Wildman–Crippen LogP) is 2.88. The van der Waals surface area contributed by atoms with Crippen LogP contribution in [-0.2, 0) is 4.79 Å². The topological polar surface area (TPSA) is 63.3 Å². The van der Waals surface area contributed by atoms with Crippen molar-refractivity contribution in [2.45, 2.75) is 57.9 Å². The maximum atomic E-state index is 11.1. The van der Waals surface area contributed by atoms with Gasteiger partial charge in [0.05, 0.1) is 0 Å². The van der Waals surface area contributed by atoms with Crippen LogP contribution in [0.15, 0.2) is 0 Å². The zero-order valence-electron chi connectivity index (χ0n) is 10.5. The Morgan fingerprint density at radius 3 is 2.31 bits per heavy atom. The second-order valence-electron chi connectivity index (χ2n) is 4.28. The summed E-state index contributed by atoms with van der Waals surface area (Å²) in [5.41, 5.74) is 4.92. The van der Waals surface area contributed by atoms with Gasteiger partial charge in [0.25, 0.3) is 0 Å². The van der Waals surface area contributed by atoms with Gasteiger partial charge >= 0.3 is 5.97 Å². The van der Waals surface area contributed by atoms with E-state index in [9.17, 15) is 4.79 Å². The summed E-state index contributed by atoms with van der Waals surface area (Å²) in [5.74, 6) is 1.11. The first kappa shape index (κ1) is 15.8. The van der Waals surface area contributed by atoms with Gasteiger partial charge in [-0.05, 0) is 30.8 Å². The Morgan fingerprint density at radius 2 is 1.81 bits per heavy atom. The molecule has 3 nitrogen and oxygen atoms in total. The Kier molecular flexibility index (Phi) is 8.76. The summed E-state index contributed by atoms with van der Waals surface area (Å²) in [7, 11) is 0. The van der Waals surface area contributed by atoms with Crippen LogP contribution in [-0.4, -0.2) is 28.1 Å². The number of carboxylic acid groups (broad SMARTS) is 1. The van der Waals surface area contributed by atoms with Crippen LogP contribution in [0.1, 0.15) is 52.4 Å². The molecule has 1 atom stereocenters. The molecule has 0 radical (unpaired) electrons. The van der Waals surface area contributed by atoms with Crippen molar-refractivity contribution in [3.8, 4) is 0 Å². The lowest BCUT2D eigenvalue weighted by molar-refractivity contribution is -0.143. The van der Waals surface area contributed by atoms with Gasteiger partial charge in [0, 0.05) is 0 Å². The van der Waals surface area contributed by atoms with E-state index in [0.29, 0.717) is 12.8 Å². The first-order valence-electron chi connectivity index (χ1n) is 6.17. The van der Waals surface area contributed by atoms with E-state index in [1.165, 1.54) is 12.8 Å². The molecule has 0 heterocycles.